The third-order valence-corrected chi connectivity index (χ3v) is 7.94. The number of carboxylic acid groups (broad SMARTS) is 1. The van der Waals surface area contributed by atoms with Crippen LogP contribution in [0.4, 0.5) is 0 Å². The lowest BCUT2D eigenvalue weighted by molar-refractivity contribution is -0.138. The monoisotopic (exact) mass is 515 g/mol. The highest BCUT2D eigenvalue weighted by Crippen LogP contribution is 2.32. The number of nitrogens with one attached hydrogen (secondary N) is 1. The predicted octanol–water partition coefficient (Wildman–Crippen LogP) is 1.42. The molecule has 11 nitrogen and oxygen atoms in total. The number of amides is 3. The zero-order chi connectivity index (χ0) is 25.7. The summed E-state index contributed by atoms with van der Waals surface area (Å²) in [4.78, 5) is 49.4. The van der Waals surface area contributed by atoms with Crippen LogP contribution in [0.5, 0.6) is 0 Å². The molecule has 1 aromatic heterocycles. The van der Waals surface area contributed by atoms with Gasteiger partial charge < -0.3 is 14.6 Å². The van der Waals surface area contributed by atoms with Crippen molar-refractivity contribution in [1.29, 1.82) is 0 Å². The minimum absolute atomic E-state index is 0.109. The number of aliphatic carboxylic acids is 1. The summed E-state index contributed by atoms with van der Waals surface area (Å²) in [6.45, 7) is 0.887. The molecule has 2 aromatic rings. The molecular weight excluding hydrogens is 486 g/mol. The van der Waals surface area contributed by atoms with E-state index in [0.29, 0.717) is 47.6 Å². The van der Waals surface area contributed by atoms with Gasteiger partial charge in [-0.2, -0.15) is 0 Å². The van der Waals surface area contributed by atoms with Crippen LogP contribution < -0.4 is 5.32 Å². The minimum atomic E-state index is -1.28. The molecule has 0 bridgehead atoms. The van der Waals surface area contributed by atoms with Gasteiger partial charge in [-0.1, -0.05) is 11.3 Å². The molecule has 12 heteroatoms. The van der Waals surface area contributed by atoms with E-state index in [0.717, 1.165) is 25.0 Å². The fraction of sp³-hybridized carbons (Fsp3) is 0.500. The largest absolute Gasteiger partial charge is 0.611 e. The maximum atomic E-state index is 13.1. The van der Waals surface area contributed by atoms with E-state index in [-0.39, 0.29) is 31.2 Å². The van der Waals surface area contributed by atoms with Gasteiger partial charge in [-0.05, 0) is 61.8 Å². The average Bonchev–Trinajstić information content (AvgIpc) is 3.42. The highest BCUT2D eigenvalue weighted by molar-refractivity contribution is 7.91. The summed E-state index contributed by atoms with van der Waals surface area (Å²) in [7, 11) is 0. The lowest BCUT2D eigenvalue weighted by Gasteiger charge is -2.29. The van der Waals surface area contributed by atoms with Gasteiger partial charge >= 0.3 is 5.97 Å². The zero-order valence-corrected chi connectivity index (χ0v) is 20.7. The normalized spacial score (nSPS) is 18.3. The summed E-state index contributed by atoms with van der Waals surface area (Å²) in [5.41, 5.74) is 1.94. The molecule has 2 unspecified atom stereocenters. The molecule has 0 aliphatic carbocycles. The Morgan fingerprint density at radius 2 is 2.03 bits per heavy atom. The Bertz CT molecular complexity index is 1150. The number of carboxylic acids is 1. The second-order valence-corrected chi connectivity index (χ2v) is 10.6. The van der Waals surface area contributed by atoms with Crippen LogP contribution in [-0.2, 0) is 45.1 Å². The number of nitrogens with zero attached hydrogens (tertiary/aromatic N) is 4. The number of rotatable bonds is 12. The summed E-state index contributed by atoms with van der Waals surface area (Å²) in [5.74, 6) is -1.43. The SMILES string of the molecule is O=C(O)CCCc1cn(CCCCC[S+]([O-])c2cccc3c2CN(C2CCC(=O)NC2=O)C3=O)nn1. The number of carbonyl (C=O) groups is 4. The number of aromatic nitrogens is 3. The Balaban J connectivity index is 1.25. The lowest BCUT2D eigenvalue weighted by atomic mass is 10.0. The topological polar surface area (TPSA) is 158 Å². The lowest BCUT2D eigenvalue weighted by Crippen LogP contribution is -2.52. The fourth-order valence-electron chi connectivity index (χ4n) is 4.55. The van der Waals surface area contributed by atoms with E-state index in [4.69, 9.17) is 5.11 Å². The van der Waals surface area contributed by atoms with E-state index in [1.807, 2.05) is 6.20 Å². The quantitative estimate of drug-likeness (QED) is 0.244. The molecule has 0 radical (unpaired) electrons. The Kier molecular flexibility index (Phi) is 8.36. The molecule has 0 spiro atoms. The molecule has 0 saturated carbocycles. The van der Waals surface area contributed by atoms with E-state index in [1.165, 1.54) is 4.90 Å². The third-order valence-electron chi connectivity index (χ3n) is 6.41. The van der Waals surface area contributed by atoms with Gasteiger partial charge in [0.1, 0.15) is 11.8 Å². The smallest absolute Gasteiger partial charge is 0.303 e. The van der Waals surface area contributed by atoms with Crippen molar-refractivity contribution in [1.82, 2.24) is 25.2 Å². The second kappa shape index (κ2) is 11.7. The molecular formula is C24H29N5O6S. The molecule has 2 atom stereocenters. The van der Waals surface area contributed by atoms with Crippen molar-refractivity contribution in [3.05, 3.63) is 41.2 Å². The Labute approximate surface area is 211 Å². The zero-order valence-electron chi connectivity index (χ0n) is 19.9. The van der Waals surface area contributed by atoms with Crippen molar-refractivity contribution >= 4 is 34.9 Å². The van der Waals surface area contributed by atoms with Crippen LogP contribution in [0, 0.1) is 0 Å². The van der Waals surface area contributed by atoms with Gasteiger partial charge in [0.05, 0.1) is 12.2 Å². The third kappa shape index (κ3) is 6.11. The number of piperidine rings is 1. The second-order valence-electron chi connectivity index (χ2n) is 9.01. The van der Waals surface area contributed by atoms with Crippen molar-refractivity contribution in [2.24, 2.45) is 0 Å². The van der Waals surface area contributed by atoms with Crippen molar-refractivity contribution in [2.45, 2.75) is 75.4 Å². The first-order chi connectivity index (χ1) is 17.3. The van der Waals surface area contributed by atoms with E-state index in [1.54, 1.807) is 22.9 Å². The molecule has 2 N–H and O–H groups in total. The summed E-state index contributed by atoms with van der Waals surface area (Å²) in [6, 6.07) is 4.49. The molecule has 1 fully saturated rings. The summed E-state index contributed by atoms with van der Waals surface area (Å²) < 4.78 is 14.8. The number of carbonyl (C=O) groups excluding carboxylic acids is 3. The highest BCUT2D eigenvalue weighted by Gasteiger charge is 2.41. The van der Waals surface area contributed by atoms with Crippen LogP contribution in [0.15, 0.2) is 29.3 Å². The van der Waals surface area contributed by atoms with Crippen LogP contribution >= 0.6 is 0 Å². The first kappa shape index (κ1) is 25.8. The van der Waals surface area contributed by atoms with Gasteiger partial charge in [0.2, 0.25) is 11.8 Å². The number of imide groups is 1. The summed E-state index contributed by atoms with van der Waals surface area (Å²) in [5, 5.41) is 19.1. The number of fused-ring (bicyclic) bond motifs is 1. The molecule has 1 saturated heterocycles. The molecule has 192 valence electrons. The number of unbranched alkanes of at least 4 members (excludes halogenated alkanes) is 2. The molecule has 3 heterocycles. The van der Waals surface area contributed by atoms with Gasteiger partial charge in [-0.25, -0.2) is 0 Å². The maximum Gasteiger partial charge on any atom is 0.303 e. The average molecular weight is 516 g/mol. The molecule has 36 heavy (non-hydrogen) atoms. The van der Waals surface area contributed by atoms with Gasteiger partial charge in [-0.15, -0.1) is 5.10 Å². The van der Waals surface area contributed by atoms with Crippen LogP contribution in [0.2, 0.25) is 0 Å². The van der Waals surface area contributed by atoms with Gasteiger partial charge in [-0.3, -0.25) is 29.2 Å². The predicted molar refractivity (Wildman–Crippen MR) is 128 cm³/mol. The fourth-order valence-corrected chi connectivity index (χ4v) is 5.91. The molecule has 4 rings (SSSR count). The van der Waals surface area contributed by atoms with Crippen LogP contribution in [-0.4, -0.2) is 65.0 Å². The van der Waals surface area contributed by atoms with E-state index in [9.17, 15) is 23.7 Å². The van der Waals surface area contributed by atoms with E-state index < -0.39 is 29.1 Å². The van der Waals surface area contributed by atoms with Crippen molar-refractivity contribution < 1.29 is 28.8 Å². The molecule has 1 aromatic carbocycles. The summed E-state index contributed by atoms with van der Waals surface area (Å²) in [6.07, 6.45) is 5.95. The number of aryl methyl sites for hydroxylation is 2. The van der Waals surface area contributed by atoms with Gasteiger partial charge in [0, 0.05) is 36.7 Å². The number of benzene rings is 1. The summed E-state index contributed by atoms with van der Waals surface area (Å²) >= 11 is -1.28. The van der Waals surface area contributed by atoms with Crippen LogP contribution in [0.3, 0.4) is 0 Å². The first-order valence-electron chi connectivity index (χ1n) is 12.1. The molecule has 3 amide bonds. The number of hydrogen-bond acceptors (Lipinski definition) is 7. The van der Waals surface area contributed by atoms with Gasteiger partial charge in [0.15, 0.2) is 4.90 Å². The minimum Gasteiger partial charge on any atom is -0.611 e. The van der Waals surface area contributed by atoms with Gasteiger partial charge in [0.25, 0.3) is 5.91 Å². The number of hydrogen-bond donors (Lipinski definition) is 2. The van der Waals surface area contributed by atoms with E-state index in [2.05, 4.69) is 15.6 Å². The highest BCUT2D eigenvalue weighted by atomic mass is 32.2. The van der Waals surface area contributed by atoms with E-state index >= 15 is 0 Å². The molecule has 2 aliphatic heterocycles. The van der Waals surface area contributed by atoms with Crippen molar-refractivity contribution in [3.63, 3.8) is 0 Å². The van der Waals surface area contributed by atoms with Crippen molar-refractivity contribution in [2.75, 3.05) is 5.75 Å². The maximum absolute atomic E-state index is 13.1. The standard InChI is InChI=1S/C24H29N5O6S/c30-21-11-10-19(23(33)25-21)29-15-18-17(24(29)34)7-5-8-20(18)36(35)13-3-1-2-12-28-14-16(26-27-28)6-4-9-22(31)32/h5,7-8,14,19H,1-4,6,9-13,15H2,(H,31,32)(H,25,30,33). The Hall–Kier alpha value is -3.25. The van der Waals surface area contributed by atoms with Crippen LogP contribution in [0.25, 0.3) is 0 Å². The Morgan fingerprint density at radius 3 is 2.81 bits per heavy atom. The first-order valence-corrected chi connectivity index (χ1v) is 13.4. The van der Waals surface area contributed by atoms with Crippen LogP contribution in [0.1, 0.15) is 66.6 Å². The molecule has 2 aliphatic rings. The Morgan fingerprint density at radius 1 is 1.19 bits per heavy atom. The van der Waals surface area contributed by atoms with Crippen molar-refractivity contribution in [3.8, 4) is 0 Å².